The lowest BCUT2D eigenvalue weighted by Crippen LogP contribution is -2.11. The van der Waals surface area contributed by atoms with Crippen molar-refractivity contribution in [1.29, 1.82) is 0 Å². The van der Waals surface area contributed by atoms with Gasteiger partial charge in [0.2, 0.25) is 0 Å². The van der Waals surface area contributed by atoms with Gasteiger partial charge >= 0.3 is 0 Å². The van der Waals surface area contributed by atoms with Gasteiger partial charge in [0.1, 0.15) is 22.3 Å². The van der Waals surface area contributed by atoms with E-state index in [1.165, 1.54) is 21.8 Å². The average Bonchev–Trinajstić information content (AvgIpc) is 4.03. The van der Waals surface area contributed by atoms with Gasteiger partial charge in [0.15, 0.2) is 0 Å². The summed E-state index contributed by atoms with van der Waals surface area (Å²) < 4.78 is 15.6. The molecule has 3 heterocycles. The smallest absolute Gasteiger partial charge is 0.143 e. The summed E-state index contributed by atoms with van der Waals surface area (Å²) in [6, 6.07) is 77.9. The van der Waals surface area contributed by atoms with Gasteiger partial charge in [-0.25, -0.2) is 0 Å². The molecule has 0 radical (unpaired) electrons. The molecule has 0 unspecified atom stereocenters. The van der Waals surface area contributed by atoms with Gasteiger partial charge in [-0.05, 0) is 89.3 Å². The lowest BCUT2D eigenvalue weighted by Gasteiger charge is -2.28. The second-order valence-corrected chi connectivity index (χ2v) is 16.0. The fraction of sp³-hybridized carbons (Fsp3) is 0. The number of anilines is 3. The summed E-state index contributed by atoms with van der Waals surface area (Å²) in [5.41, 5.74) is 14.6. The fourth-order valence-electron chi connectivity index (χ4n) is 9.82. The Hall–Kier alpha value is -8.34. The Morgan fingerprint density at radius 1 is 0.339 bits per heavy atom. The van der Waals surface area contributed by atoms with Crippen molar-refractivity contribution in [2.45, 2.75) is 0 Å². The van der Waals surface area contributed by atoms with Crippen LogP contribution in [0.1, 0.15) is 0 Å². The van der Waals surface area contributed by atoms with Crippen LogP contribution in [0.25, 0.3) is 104 Å². The van der Waals surface area contributed by atoms with Gasteiger partial charge < -0.3 is 18.3 Å². The minimum atomic E-state index is 0.878. The highest BCUT2D eigenvalue weighted by Gasteiger charge is 2.22. The van der Waals surface area contributed by atoms with E-state index in [9.17, 15) is 0 Å². The van der Waals surface area contributed by atoms with E-state index >= 15 is 0 Å². The molecule has 4 nitrogen and oxygen atoms in total. The van der Waals surface area contributed by atoms with Crippen LogP contribution in [0.4, 0.5) is 17.1 Å². The first-order valence-electron chi connectivity index (χ1n) is 21.1. The van der Waals surface area contributed by atoms with E-state index in [2.05, 4.69) is 216 Å². The van der Waals surface area contributed by atoms with E-state index in [0.29, 0.717) is 0 Å². The molecule has 290 valence electrons. The Labute approximate surface area is 356 Å². The van der Waals surface area contributed by atoms with Gasteiger partial charge in [-0.3, -0.25) is 0 Å². The van der Waals surface area contributed by atoms with Crippen LogP contribution in [0.5, 0.6) is 0 Å². The van der Waals surface area contributed by atoms with Crippen LogP contribution in [-0.4, -0.2) is 4.57 Å². The van der Waals surface area contributed by atoms with Crippen molar-refractivity contribution in [2.24, 2.45) is 0 Å². The SMILES string of the molecule is c1ccc(N(c2ccc(-c3cccc4oc5ccccc5c34)cc2)c2ccc(-n3c4ccccc4c4ccccc43)cc2)c(-c2cccc3c2oc2c4ccccc4ccc32)c1. The van der Waals surface area contributed by atoms with Crippen LogP contribution in [0.3, 0.4) is 0 Å². The molecule has 0 saturated heterocycles. The van der Waals surface area contributed by atoms with Crippen LogP contribution >= 0.6 is 0 Å². The largest absolute Gasteiger partial charge is 0.456 e. The minimum absolute atomic E-state index is 0.878. The highest BCUT2D eigenvalue weighted by molar-refractivity contribution is 6.18. The number of para-hydroxylation sites is 5. The van der Waals surface area contributed by atoms with Crippen molar-refractivity contribution in [2.75, 3.05) is 4.90 Å². The molecule has 0 atom stereocenters. The zero-order valence-corrected chi connectivity index (χ0v) is 33.5. The zero-order chi connectivity index (χ0) is 40.7. The second-order valence-electron chi connectivity index (χ2n) is 16.0. The maximum atomic E-state index is 6.92. The first-order valence-corrected chi connectivity index (χ1v) is 21.1. The Morgan fingerprint density at radius 3 is 1.69 bits per heavy atom. The van der Waals surface area contributed by atoms with E-state index in [4.69, 9.17) is 8.83 Å². The van der Waals surface area contributed by atoms with E-state index in [-0.39, 0.29) is 0 Å². The van der Waals surface area contributed by atoms with Crippen LogP contribution < -0.4 is 4.90 Å². The number of hydrogen-bond donors (Lipinski definition) is 0. The third-order valence-corrected chi connectivity index (χ3v) is 12.6. The van der Waals surface area contributed by atoms with Gasteiger partial charge in [-0.15, -0.1) is 0 Å². The van der Waals surface area contributed by atoms with E-state index in [0.717, 1.165) is 99.7 Å². The molecule has 10 aromatic carbocycles. The summed E-state index contributed by atoms with van der Waals surface area (Å²) >= 11 is 0. The Balaban J connectivity index is 0.998. The first-order chi connectivity index (χ1) is 30.8. The summed E-state index contributed by atoms with van der Waals surface area (Å²) in [5.74, 6) is 0. The lowest BCUT2D eigenvalue weighted by molar-refractivity contribution is 0.669. The molecule has 0 spiro atoms. The quantitative estimate of drug-likeness (QED) is 0.168. The Bertz CT molecular complexity index is 3810. The van der Waals surface area contributed by atoms with Crippen molar-refractivity contribution in [3.63, 3.8) is 0 Å². The van der Waals surface area contributed by atoms with Gasteiger partial charge in [-0.1, -0.05) is 146 Å². The van der Waals surface area contributed by atoms with Gasteiger partial charge in [-0.2, -0.15) is 0 Å². The molecule has 0 saturated carbocycles. The van der Waals surface area contributed by atoms with E-state index in [1.54, 1.807) is 0 Å². The second kappa shape index (κ2) is 13.6. The molecule has 0 bridgehead atoms. The van der Waals surface area contributed by atoms with Gasteiger partial charge in [0.25, 0.3) is 0 Å². The topological polar surface area (TPSA) is 34.5 Å². The Morgan fingerprint density at radius 2 is 0.903 bits per heavy atom. The molecule has 0 amide bonds. The third kappa shape index (κ3) is 5.20. The summed E-state index contributed by atoms with van der Waals surface area (Å²) in [7, 11) is 0. The maximum Gasteiger partial charge on any atom is 0.143 e. The standard InChI is InChI=1S/C58H36N2O2/c1-2-14-43-37(13-1)29-36-49-48-21-11-20-47(58(48)62-57(43)49)46-17-5-7-22-51(46)59(39-30-27-38(28-31-39)42-19-12-26-55-56(42)50-18-6-10-25-54(50)61-55)40-32-34-41(35-33-40)60-52-23-8-3-15-44(52)45-16-4-9-24-53(45)60/h1-36H. The van der Waals surface area contributed by atoms with Crippen molar-refractivity contribution in [3.05, 3.63) is 218 Å². The summed E-state index contributed by atoms with van der Waals surface area (Å²) in [6.07, 6.45) is 0. The van der Waals surface area contributed by atoms with Crippen LogP contribution in [0.2, 0.25) is 0 Å². The van der Waals surface area contributed by atoms with Crippen molar-refractivity contribution < 1.29 is 8.83 Å². The molecule has 0 aliphatic heterocycles. The highest BCUT2D eigenvalue weighted by atomic mass is 16.3. The van der Waals surface area contributed by atoms with Crippen molar-refractivity contribution in [3.8, 4) is 27.9 Å². The van der Waals surface area contributed by atoms with Crippen LogP contribution in [0.15, 0.2) is 227 Å². The minimum Gasteiger partial charge on any atom is -0.456 e. The number of fused-ring (bicyclic) bond motifs is 11. The monoisotopic (exact) mass is 792 g/mol. The molecular formula is C58H36N2O2. The fourth-order valence-corrected chi connectivity index (χ4v) is 9.82. The highest BCUT2D eigenvalue weighted by Crippen LogP contribution is 2.46. The predicted octanol–water partition coefficient (Wildman–Crippen LogP) is 16.5. The predicted molar refractivity (Wildman–Crippen MR) is 258 cm³/mol. The number of furan rings is 2. The van der Waals surface area contributed by atoms with Gasteiger partial charge in [0.05, 0.1) is 16.7 Å². The van der Waals surface area contributed by atoms with Crippen molar-refractivity contribution in [1.82, 2.24) is 4.57 Å². The molecule has 0 aliphatic rings. The summed E-state index contributed by atoms with van der Waals surface area (Å²) in [4.78, 5) is 2.37. The average molecular weight is 793 g/mol. The molecule has 0 N–H and O–H groups in total. The zero-order valence-electron chi connectivity index (χ0n) is 33.5. The van der Waals surface area contributed by atoms with Crippen LogP contribution in [-0.2, 0) is 0 Å². The molecule has 13 aromatic rings. The van der Waals surface area contributed by atoms with E-state index in [1.807, 2.05) is 12.1 Å². The summed E-state index contributed by atoms with van der Waals surface area (Å²) in [5, 5.41) is 9.24. The van der Waals surface area contributed by atoms with E-state index < -0.39 is 0 Å². The number of nitrogens with zero attached hydrogens (tertiary/aromatic N) is 2. The Kier molecular flexibility index (Phi) is 7.57. The molecule has 0 aliphatic carbocycles. The molecular weight excluding hydrogens is 757 g/mol. The number of aromatic nitrogens is 1. The molecule has 4 heteroatoms. The molecule has 0 fully saturated rings. The normalized spacial score (nSPS) is 11.9. The number of benzene rings is 10. The summed E-state index contributed by atoms with van der Waals surface area (Å²) in [6.45, 7) is 0. The first kappa shape index (κ1) is 34.5. The number of hydrogen-bond acceptors (Lipinski definition) is 3. The van der Waals surface area contributed by atoms with Gasteiger partial charge in [0, 0.05) is 65.9 Å². The third-order valence-electron chi connectivity index (χ3n) is 12.6. The van der Waals surface area contributed by atoms with Crippen LogP contribution in [0, 0.1) is 0 Å². The molecule has 62 heavy (non-hydrogen) atoms. The van der Waals surface area contributed by atoms with Crippen molar-refractivity contribution >= 4 is 93.5 Å². The molecule has 13 rings (SSSR count). The lowest BCUT2D eigenvalue weighted by atomic mass is 9.97. The molecule has 3 aromatic heterocycles. The maximum absolute atomic E-state index is 6.92. The number of rotatable bonds is 6.